The lowest BCUT2D eigenvalue weighted by Gasteiger charge is -2.31. The number of rotatable bonds is 3. The van der Waals surface area contributed by atoms with Crippen molar-refractivity contribution >= 4 is 6.08 Å². The highest BCUT2D eigenvalue weighted by Gasteiger charge is 2.35. The molecule has 0 aliphatic heterocycles. The predicted octanol–water partition coefficient (Wildman–Crippen LogP) is 5.10. The molecule has 0 heterocycles. The molecule has 2 aromatic rings. The molecule has 22 heavy (non-hydrogen) atoms. The molecule has 2 atom stereocenters. The Balaban J connectivity index is 2.03. The van der Waals surface area contributed by atoms with Crippen molar-refractivity contribution in [3.63, 3.8) is 0 Å². The molecule has 0 amide bonds. The van der Waals surface area contributed by atoms with Gasteiger partial charge < -0.3 is 5.32 Å². The van der Waals surface area contributed by atoms with E-state index in [0.29, 0.717) is 12.0 Å². The minimum atomic E-state index is 0.0868. The van der Waals surface area contributed by atoms with Gasteiger partial charge in [0.05, 0.1) is 0 Å². The van der Waals surface area contributed by atoms with E-state index in [4.69, 9.17) is 0 Å². The Morgan fingerprint density at radius 1 is 1.09 bits per heavy atom. The molecule has 0 saturated heterocycles. The Hall–Kier alpha value is -1.86. The highest BCUT2D eigenvalue weighted by atomic mass is 15.0. The minimum absolute atomic E-state index is 0.0868. The maximum absolute atomic E-state index is 3.91. The van der Waals surface area contributed by atoms with E-state index in [1.54, 1.807) is 0 Å². The quantitative estimate of drug-likeness (QED) is 0.829. The van der Waals surface area contributed by atoms with Crippen LogP contribution >= 0.6 is 0 Å². The first-order valence-corrected chi connectivity index (χ1v) is 8.06. The van der Waals surface area contributed by atoms with Crippen LogP contribution in [0, 0.1) is 0 Å². The summed E-state index contributed by atoms with van der Waals surface area (Å²) in [6, 6.07) is 18.0. The summed E-state index contributed by atoms with van der Waals surface area (Å²) in [6.07, 6.45) is 3.04. The number of benzene rings is 2. The Kier molecular flexibility index (Phi) is 3.92. The molecule has 0 saturated carbocycles. The third kappa shape index (κ3) is 3.00. The molecule has 1 nitrogen and oxygen atoms in total. The average Bonchev–Trinajstić information content (AvgIpc) is 2.84. The Morgan fingerprint density at radius 2 is 1.82 bits per heavy atom. The van der Waals surface area contributed by atoms with Crippen LogP contribution in [0.5, 0.6) is 0 Å². The molecule has 0 unspecified atom stereocenters. The summed E-state index contributed by atoms with van der Waals surface area (Å²) in [7, 11) is 0. The Morgan fingerprint density at radius 3 is 2.45 bits per heavy atom. The smallest absolute Gasteiger partial charge is 0.0399 e. The zero-order valence-electron chi connectivity index (χ0n) is 13.8. The molecule has 114 valence electrons. The van der Waals surface area contributed by atoms with Crippen molar-refractivity contribution < 1.29 is 0 Å². The molecule has 1 heteroatoms. The van der Waals surface area contributed by atoms with E-state index in [1.165, 1.54) is 22.3 Å². The Labute approximate surface area is 134 Å². The van der Waals surface area contributed by atoms with Gasteiger partial charge in [0.1, 0.15) is 0 Å². The van der Waals surface area contributed by atoms with Gasteiger partial charge in [-0.15, -0.1) is 0 Å². The van der Waals surface area contributed by atoms with Crippen molar-refractivity contribution in [2.45, 2.75) is 44.7 Å². The molecular weight excluding hydrogens is 266 g/mol. The van der Waals surface area contributed by atoms with Crippen LogP contribution in [0.15, 0.2) is 55.1 Å². The first-order chi connectivity index (χ1) is 10.5. The second-order valence-electron chi connectivity index (χ2n) is 7.26. The van der Waals surface area contributed by atoms with E-state index in [9.17, 15) is 0 Å². The minimum Gasteiger partial charge on any atom is -0.305 e. The van der Waals surface area contributed by atoms with Gasteiger partial charge in [-0.3, -0.25) is 0 Å². The molecular formula is C21H25N. The van der Waals surface area contributed by atoms with Gasteiger partial charge in [0, 0.05) is 17.5 Å². The van der Waals surface area contributed by atoms with Crippen molar-refractivity contribution in [3.05, 3.63) is 77.4 Å². The summed E-state index contributed by atoms with van der Waals surface area (Å²) >= 11 is 0. The summed E-state index contributed by atoms with van der Waals surface area (Å²) in [5, 5.41) is 3.84. The van der Waals surface area contributed by atoms with Crippen LogP contribution in [-0.2, 0) is 6.42 Å². The first-order valence-electron chi connectivity index (χ1n) is 8.06. The van der Waals surface area contributed by atoms with Crippen molar-refractivity contribution in [2.24, 2.45) is 0 Å². The van der Waals surface area contributed by atoms with Gasteiger partial charge in [0.2, 0.25) is 0 Å². The second-order valence-corrected chi connectivity index (χ2v) is 7.26. The summed E-state index contributed by atoms with van der Waals surface area (Å²) in [6.45, 7) is 10.6. The fourth-order valence-corrected chi connectivity index (χ4v) is 3.44. The third-order valence-corrected chi connectivity index (χ3v) is 4.40. The molecule has 0 bridgehead atoms. The van der Waals surface area contributed by atoms with Gasteiger partial charge in [0.25, 0.3) is 0 Å². The summed E-state index contributed by atoms with van der Waals surface area (Å²) in [4.78, 5) is 0. The Bertz CT molecular complexity index is 664. The topological polar surface area (TPSA) is 12.0 Å². The zero-order chi connectivity index (χ0) is 15.7. The van der Waals surface area contributed by atoms with Gasteiger partial charge >= 0.3 is 0 Å². The summed E-state index contributed by atoms with van der Waals surface area (Å²) in [5.41, 5.74) is 5.60. The molecule has 0 radical (unpaired) electrons. The fourth-order valence-electron chi connectivity index (χ4n) is 3.44. The van der Waals surface area contributed by atoms with Crippen LogP contribution in [0.3, 0.4) is 0 Å². The van der Waals surface area contributed by atoms with Crippen molar-refractivity contribution in [3.8, 4) is 0 Å². The molecule has 3 rings (SSSR count). The zero-order valence-corrected chi connectivity index (χ0v) is 13.8. The largest absolute Gasteiger partial charge is 0.305 e. The molecule has 1 aliphatic carbocycles. The summed E-state index contributed by atoms with van der Waals surface area (Å²) in [5.74, 6) is 0.496. The van der Waals surface area contributed by atoms with Crippen molar-refractivity contribution in [1.82, 2.24) is 5.32 Å². The normalized spacial score (nSPS) is 20.7. The lowest BCUT2D eigenvalue weighted by Crippen LogP contribution is -2.40. The van der Waals surface area contributed by atoms with E-state index in [1.807, 2.05) is 6.08 Å². The van der Waals surface area contributed by atoms with Crippen LogP contribution in [0.25, 0.3) is 6.08 Å². The third-order valence-electron chi connectivity index (χ3n) is 4.40. The van der Waals surface area contributed by atoms with E-state index in [-0.39, 0.29) is 5.54 Å². The maximum atomic E-state index is 3.91. The van der Waals surface area contributed by atoms with E-state index in [0.717, 1.165) is 6.42 Å². The van der Waals surface area contributed by atoms with Gasteiger partial charge in [-0.05, 0) is 55.5 Å². The molecule has 0 fully saturated rings. The SMILES string of the molecule is C=Cc1ccc2c(c1)[C@@H](NC(C)(C)C)[C@H](c1ccccc1)C2. The van der Waals surface area contributed by atoms with Gasteiger partial charge in [-0.25, -0.2) is 0 Å². The monoisotopic (exact) mass is 291 g/mol. The fraction of sp³-hybridized carbons (Fsp3) is 0.333. The number of nitrogens with one attached hydrogen (secondary N) is 1. The van der Waals surface area contributed by atoms with Gasteiger partial charge in [0.15, 0.2) is 0 Å². The predicted molar refractivity (Wildman–Crippen MR) is 95.0 cm³/mol. The molecule has 2 aromatic carbocycles. The molecule has 1 N–H and O–H groups in total. The lowest BCUT2D eigenvalue weighted by atomic mass is 9.90. The standard InChI is InChI=1S/C21H25N/c1-5-15-11-12-17-14-19(16-9-7-6-8-10-16)20(18(17)13-15)22-21(2,3)4/h5-13,19-20,22H,1,14H2,2-4H3/t19-,20+/m0/s1. The molecule has 0 spiro atoms. The molecule has 1 aliphatic rings. The van der Waals surface area contributed by atoms with Crippen LogP contribution in [-0.4, -0.2) is 5.54 Å². The highest BCUT2D eigenvalue weighted by molar-refractivity contribution is 5.53. The molecule has 0 aromatic heterocycles. The maximum Gasteiger partial charge on any atom is 0.0399 e. The van der Waals surface area contributed by atoms with E-state index < -0.39 is 0 Å². The summed E-state index contributed by atoms with van der Waals surface area (Å²) < 4.78 is 0. The number of hydrogen-bond acceptors (Lipinski definition) is 1. The first kappa shape index (κ1) is 15.1. The van der Waals surface area contributed by atoms with Crippen LogP contribution in [0.2, 0.25) is 0 Å². The average molecular weight is 291 g/mol. The van der Waals surface area contributed by atoms with Gasteiger partial charge in [-0.2, -0.15) is 0 Å². The van der Waals surface area contributed by atoms with Crippen molar-refractivity contribution in [2.75, 3.05) is 0 Å². The number of hydrogen-bond donors (Lipinski definition) is 1. The van der Waals surface area contributed by atoms with Crippen LogP contribution < -0.4 is 5.32 Å². The second kappa shape index (κ2) is 5.73. The van der Waals surface area contributed by atoms with E-state index in [2.05, 4.69) is 81.2 Å². The van der Waals surface area contributed by atoms with Crippen LogP contribution in [0.1, 0.15) is 55.0 Å². The van der Waals surface area contributed by atoms with Gasteiger partial charge in [-0.1, -0.05) is 55.1 Å². The lowest BCUT2D eigenvalue weighted by molar-refractivity contribution is 0.340. The van der Waals surface area contributed by atoms with Crippen molar-refractivity contribution in [1.29, 1.82) is 0 Å². The van der Waals surface area contributed by atoms with Crippen LogP contribution in [0.4, 0.5) is 0 Å². The van der Waals surface area contributed by atoms with E-state index >= 15 is 0 Å². The highest BCUT2D eigenvalue weighted by Crippen LogP contribution is 2.43. The number of fused-ring (bicyclic) bond motifs is 1.